The van der Waals surface area contributed by atoms with Gasteiger partial charge in [-0.25, -0.2) is 0 Å². The largest absolute Gasteiger partial charge is 0.301 e. The van der Waals surface area contributed by atoms with E-state index in [1.54, 1.807) is 0 Å². The van der Waals surface area contributed by atoms with Gasteiger partial charge in [-0.2, -0.15) is 0 Å². The SMILES string of the molecule is CC(C)N(CCCc1ccc(C2CCC(Cl)CC2)cc1)CCc1ccccc1. The first kappa shape index (κ1) is 21.4. The Morgan fingerprint density at radius 3 is 2.11 bits per heavy atom. The van der Waals surface area contributed by atoms with Gasteiger partial charge in [0, 0.05) is 18.0 Å². The molecule has 0 atom stereocenters. The van der Waals surface area contributed by atoms with Crippen LogP contribution in [0.1, 0.15) is 68.6 Å². The Balaban J connectivity index is 1.43. The van der Waals surface area contributed by atoms with Crippen molar-refractivity contribution >= 4 is 11.6 Å². The molecule has 0 radical (unpaired) electrons. The minimum Gasteiger partial charge on any atom is -0.301 e. The number of alkyl halides is 1. The van der Waals surface area contributed by atoms with Crippen LogP contribution in [0.5, 0.6) is 0 Å². The lowest BCUT2D eigenvalue weighted by atomic mass is 9.83. The van der Waals surface area contributed by atoms with Crippen LogP contribution in [-0.2, 0) is 12.8 Å². The molecule has 1 nitrogen and oxygen atoms in total. The van der Waals surface area contributed by atoms with Crippen molar-refractivity contribution in [3.8, 4) is 0 Å². The standard InChI is InChI=1S/C26H36ClN/c1-21(2)28(20-18-22-7-4-3-5-8-22)19-6-9-23-10-12-24(13-11-23)25-14-16-26(27)17-15-25/h3-5,7-8,10-13,21,25-26H,6,9,14-20H2,1-2H3. The summed E-state index contributed by atoms with van der Waals surface area (Å²) in [7, 11) is 0. The second-order valence-corrected chi connectivity index (χ2v) is 9.28. The second-order valence-electron chi connectivity index (χ2n) is 8.66. The van der Waals surface area contributed by atoms with E-state index in [1.165, 1.54) is 61.8 Å². The summed E-state index contributed by atoms with van der Waals surface area (Å²) >= 11 is 6.25. The summed E-state index contributed by atoms with van der Waals surface area (Å²) < 4.78 is 0. The summed E-state index contributed by atoms with van der Waals surface area (Å²) in [5.74, 6) is 0.721. The van der Waals surface area contributed by atoms with Gasteiger partial charge in [-0.05, 0) is 87.9 Å². The lowest BCUT2D eigenvalue weighted by Crippen LogP contribution is -2.34. The van der Waals surface area contributed by atoms with Crippen molar-refractivity contribution in [2.75, 3.05) is 13.1 Å². The molecule has 28 heavy (non-hydrogen) atoms. The van der Waals surface area contributed by atoms with E-state index >= 15 is 0 Å². The summed E-state index contributed by atoms with van der Waals surface area (Å²) in [6, 6.07) is 20.9. The zero-order valence-electron chi connectivity index (χ0n) is 17.6. The van der Waals surface area contributed by atoms with Crippen LogP contribution in [0, 0.1) is 0 Å². The number of nitrogens with zero attached hydrogens (tertiary/aromatic N) is 1. The van der Waals surface area contributed by atoms with Gasteiger partial charge in [-0.15, -0.1) is 11.6 Å². The summed E-state index contributed by atoms with van der Waals surface area (Å²) in [4.78, 5) is 2.62. The third kappa shape index (κ3) is 6.64. The maximum atomic E-state index is 6.25. The van der Waals surface area contributed by atoms with E-state index in [1.807, 2.05) is 0 Å². The van der Waals surface area contributed by atoms with Gasteiger partial charge in [0.15, 0.2) is 0 Å². The lowest BCUT2D eigenvalue weighted by Gasteiger charge is -2.27. The number of rotatable bonds is 9. The normalized spacial score (nSPS) is 20.0. The Morgan fingerprint density at radius 1 is 0.821 bits per heavy atom. The van der Waals surface area contributed by atoms with Gasteiger partial charge in [0.25, 0.3) is 0 Å². The van der Waals surface area contributed by atoms with Crippen molar-refractivity contribution in [3.05, 3.63) is 71.3 Å². The molecule has 152 valence electrons. The van der Waals surface area contributed by atoms with Gasteiger partial charge in [0.05, 0.1) is 0 Å². The van der Waals surface area contributed by atoms with E-state index in [0.29, 0.717) is 11.4 Å². The van der Waals surface area contributed by atoms with Gasteiger partial charge in [-0.1, -0.05) is 54.6 Å². The topological polar surface area (TPSA) is 3.24 Å². The molecule has 0 N–H and O–H groups in total. The molecule has 0 unspecified atom stereocenters. The van der Waals surface area contributed by atoms with Crippen LogP contribution in [0.3, 0.4) is 0 Å². The molecule has 0 amide bonds. The van der Waals surface area contributed by atoms with Crippen molar-refractivity contribution in [3.63, 3.8) is 0 Å². The molecule has 1 aliphatic rings. The molecular weight excluding hydrogens is 362 g/mol. The van der Waals surface area contributed by atoms with Crippen LogP contribution in [-0.4, -0.2) is 29.4 Å². The van der Waals surface area contributed by atoms with E-state index in [-0.39, 0.29) is 0 Å². The number of hydrogen-bond acceptors (Lipinski definition) is 1. The zero-order chi connectivity index (χ0) is 19.8. The molecule has 1 saturated carbocycles. The van der Waals surface area contributed by atoms with Crippen molar-refractivity contribution in [2.45, 2.75) is 76.1 Å². The Hall–Kier alpha value is -1.31. The van der Waals surface area contributed by atoms with Gasteiger partial charge < -0.3 is 4.90 Å². The Bertz CT molecular complexity index is 671. The third-order valence-corrected chi connectivity index (χ3v) is 6.72. The predicted molar refractivity (Wildman–Crippen MR) is 122 cm³/mol. The van der Waals surface area contributed by atoms with E-state index in [2.05, 4.69) is 73.3 Å². The fourth-order valence-electron chi connectivity index (χ4n) is 4.37. The summed E-state index contributed by atoms with van der Waals surface area (Å²) in [5, 5.41) is 0.404. The Morgan fingerprint density at radius 2 is 1.46 bits per heavy atom. The van der Waals surface area contributed by atoms with Gasteiger partial charge >= 0.3 is 0 Å². The van der Waals surface area contributed by atoms with Crippen LogP contribution in [0.4, 0.5) is 0 Å². The molecular formula is C26H36ClN. The van der Waals surface area contributed by atoms with E-state index in [0.717, 1.165) is 18.9 Å². The molecule has 0 spiro atoms. The molecule has 2 heteroatoms. The second kappa shape index (κ2) is 11.0. The molecule has 1 aliphatic carbocycles. The highest BCUT2D eigenvalue weighted by atomic mass is 35.5. The average Bonchev–Trinajstić information content (AvgIpc) is 2.72. The van der Waals surface area contributed by atoms with E-state index in [4.69, 9.17) is 11.6 Å². The van der Waals surface area contributed by atoms with Crippen LogP contribution in [0.15, 0.2) is 54.6 Å². The maximum absolute atomic E-state index is 6.25. The highest BCUT2D eigenvalue weighted by Gasteiger charge is 2.20. The van der Waals surface area contributed by atoms with Crippen molar-refractivity contribution in [1.29, 1.82) is 0 Å². The average molecular weight is 398 g/mol. The summed E-state index contributed by atoms with van der Waals surface area (Å²) in [5.41, 5.74) is 4.42. The minimum atomic E-state index is 0.404. The summed E-state index contributed by atoms with van der Waals surface area (Å²) in [6.45, 7) is 6.95. The van der Waals surface area contributed by atoms with Crippen LogP contribution < -0.4 is 0 Å². The highest BCUT2D eigenvalue weighted by Crippen LogP contribution is 2.34. The smallest absolute Gasteiger partial charge is 0.0336 e. The number of benzene rings is 2. The molecule has 3 rings (SSSR count). The number of halogens is 1. The third-order valence-electron chi connectivity index (χ3n) is 6.28. The molecule has 0 saturated heterocycles. The molecule has 2 aromatic rings. The van der Waals surface area contributed by atoms with E-state index < -0.39 is 0 Å². The monoisotopic (exact) mass is 397 g/mol. The van der Waals surface area contributed by atoms with E-state index in [9.17, 15) is 0 Å². The summed E-state index contributed by atoms with van der Waals surface area (Å²) in [6.07, 6.45) is 8.37. The Kier molecular flexibility index (Phi) is 8.43. The first-order chi connectivity index (χ1) is 13.6. The highest BCUT2D eigenvalue weighted by molar-refractivity contribution is 6.20. The maximum Gasteiger partial charge on any atom is 0.0336 e. The molecule has 0 bridgehead atoms. The minimum absolute atomic E-state index is 0.404. The quantitative estimate of drug-likeness (QED) is 0.419. The molecule has 0 aliphatic heterocycles. The number of aryl methyl sites for hydroxylation is 1. The first-order valence-electron chi connectivity index (χ1n) is 11.1. The van der Waals surface area contributed by atoms with Gasteiger partial charge in [-0.3, -0.25) is 0 Å². The van der Waals surface area contributed by atoms with Gasteiger partial charge in [0.2, 0.25) is 0 Å². The fourth-order valence-corrected chi connectivity index (χ4v) is 4.63. The zero-order valence-corrected chi connectivity index (χ0v) is 18.4. The lowest BCUT2D eigenvalue weighted by molar-refractivity contribution is 0.222. The molecule has 1 fully saturated rings. The number of hydrogen-bond donors (Lipinski definition) is 0. The molecule has 0 aromatic heterocycles. The molecule has 0 heterocycles. The predicted octanol–water partition coefficient (Wildman–Crippen LogP) is 6.84. The Labute approximate surface area is 177 Å². The van der Waals surface area contributed by atoms with Crippen molar-refractivity contribution in [2.24, 2.45) is 0 Å². The fraction of sp³-hybridized carbons (Fsp3) is 0.538. The van der Waals surface area contributed by atoms with Gasteiger partial charge in [0.1, 0.15) is 0 Å². The molecule has 2 aromatic carbocycles. The van der Waals surface area contributed by atoms with Crippen molar-refractivity contribution in [1.82, 2.24) is 4.90 Å². The van der Waals surface area contributed by atoms with Crippen LogP contribution in [0.2, 0.25) is 0 Å². The first-order valence-corrected chi connectivity index (χ1v) is 11.6. The van der Waals surface area contributed by atoms with Crippen LogP contribution >= 0.6 is 11.6 Å². The van der Waals surface area contributed by atoms with Crippen molar-refractivity contribution < 1.29 is 0 Å². The van der Waals surface area contributed by atoms with Crippen LogP contribution in [0.25, 0.3) is 0 Å².